The molecule has 0 bridgehead atoms. The average Bonchev–Trinajstić information content (AvgIpc) is 2.67. The molecule has 2 aliphatic rings. The van der Waals surface area contributed by atoms with Crippen LogP contribution in [0.25, 0.3) is 0 Å². The molecule has 2 saturated heterocycles. The lowest BCUT2D eigenvalue weighted by molar-refractivity contribution is 0.0356. The van der Waals surface area contributed by atoms with Gasteiger partial charge in [0, 0.05) is 30.1 Å². The molecule has 142 valence electrons. The predicted octanol–water partition coefficient (Wildman–Crippen LogP) is 2.91. The molecule has 3 rings (SSSR count). The third-order valence-electron chi connectivity index (χ3n) is 4.90. The van der Waals surface area contributed by atoms with Gasteiger partial charge in [-0.25, -0.2) is 4.79 Å². The molecule has 0 unspecified atom stereocenters. The number of likely N-dealkylation sites (tertiary alicyclic amines) is 1. The number of rotatable bonds is 4. The minimum Gasteiger partial charge on any atom is -0.493 e. The smallest absolute Gasteiger partial charge is 0.410 e. The van der Waals surface area contributed by atoms with Crippen molar-refractivity contribution < 1.29 is 23.8 Å². The topological polar surface area (TPSA) is 68.3 Å². The quantitative estimate of drug-likeness (QED) is 0.740. The number of ether oxygens (including phenoxy) is 3. The highest BCUT2D eigenvalue weighted by molar-refractivity contribution is 9.10. The highest BCUT2D eigenvalue weighted by Gasteiger charge is 2.32. The first kappa shape index (κ1) is 18.8. The number of benzene rings is 1. The van der Waals surface area contributed by atoms with E-state index >= 15 is 0 Å². The molecule has 0 radical (unpaired) electrons. The zero-order valence-electron chi connectivity index (χ0n) is 15.0. The molecule has 2 heterocycles. The van der Waals surface area contributed by atoms with Gasteiger partial charge in [0.05, 0.1) is 26.4 Å². The van der Waals surface area contributed by atoms with Gasteiger partial charge in [-0.3, -0.25) is 4.79 Å². The van der Waals surface area contributed by atoms with Crippen LogP contribution in [0.3, 0.4) is 0 Å². The van der Waals surface area contributed by atoms with Crippen molar-refractivity contribution >= 4 is 27.9 Å². The van der Waals surface area contributed by atoms with Crippen LogP contribution >= 0.6 is 15.9 Å². The average molecular weight is 427 g/mol. The molecule has 0 atom stereocenters. The molecule has 8 heteroatoms. The Morgan fingerprint density at radius 2 is 1.81 bits per heavy atom. The second-order valence-corrected chi connectivity index (χ2v) is 7.23. The Bertz CT molecular complexity index is 688. The minimum absolute atomic E-state index is 0.0579. The number of carbonyl (C=O) groups excluding carboxylic acids is 2. The second kappa shape index (κ2) is 8.16. The SMILES string of the molecule is COc1cc(Br)c(C(=O)N2CCC(N3CCCOC3=O)CC2)cc1OC. The van der Waals surface area contributed by atoms with Crippen LogP contribution in [0.4, 0.5) is 4.79 Å². The first-order valence-corrected chi connectivity index (χ1v) is 9.48. The number of amides is 2. The molecule has 0 aliphatic carbocycles. The highest BCUT2D eigenvalue weighted by atomic mass is 79.9. The Hall–Kier alpha value is -1.96. The molecule has 7 nitrogen and oxygen atoms in total. The lowest BCUT2D eigenvalue weighted by atomic mass is 10.0. The Balaban J connectivity index is 1.68. The molecule has 0 aromatic heterocycles. The summed E-state index contributed by atoms with van der Waals surface area (Å²) >= 11 is 3.45. The van der Waals surface area contributed by atoms with Crippen LogP contribution in [0.15, 0.2) is 16.6 Å². The fourth-order valence-electron chi connectivity index (χ4n) is 3.47. The van der Waals surface area contributed by atoms with E-state index in [1.807, 2.05) is 4.90 Å². The molecule has 2 aliphatic heterocycles. The lowest BCUT2D eigenvalue weighted by Crippen LogP contribution is -2.50. The molecule has 2 amide bonds. The first-order chi connectivity index (χ1) is 12.5. The van der Waals surface area contributed by atoms with Gasteiger partial charge in [0.15, 0.2) is 11.5 Å². The zero-order chi connectivity index (χ0) is 18.7. The molecule has 2 fully saturated rings. The van der Waals surface area contributed by atoms with Gasteiger partial charge in [-0.2, -0.15) is 0 Å². The van der Waals surface area contributed by atoms with Gasteiger partial charge in [0.25, 0.3) is 5.91 Å². The third-order valence-corrected chi connectivity index (χ3v) is 5.56. The largest absolute Gasteiger partial charge is 0.493 e. The van der Waals surface area contributed by atoms with Crippen molar-refractivity contribution in [2.45, 2.75) is 25.3 Å². The Morgan fingerprint density at radius 1 is 1.15 bits per heavy atom. The van der Waals surface area contributed by atoms with E-state index in [0.29, 0.717) is 41.2 Å². The van der Waals surface area contributed by atoms with Gasteiger partial charge in [0.1, 0.15) is 0 Å². The fraction of sp³-hybridized carbons (Fsp3) is 0.556. The van der Waals surface area contributed by atoms with E-state index < -0.39 is 0 Å². The third kappa shape index (κ3) is 3.75. The number of piperidine rings is 1. The molecule has 26 heavy (non-hydrogen) atoms. The predicted molar refractivity (Wildman–Crippen MR) is 98.8 cm³/mol. The Kier molecular flexibility index (Phi) is 5.90. The van der Waals surface area contributed by atoms with E-state index in [2.05, 4.69) is 15.9 Å². The standard InChI is InChI=1S/C18H23BrN2O5/c1-24-15-10-13(14(19)11-16(15)25-2)17(22)20-7-4-12(5-8-20)21-6-3-9-26-18(21)23/h10-12H,3-9H2,1-2H3. The molecule has 1 aromatic carbocycles. The van der Waals surface area contributed by atoms with Crippen molar-refractivity contribution in [3.63, 3.8) is 0 Å². The number of methoxy groups -OCH3 is 2. The van der Waals surface area contributed by atoms with E-state index in [4.69, 9.17) is 14.2 Å². The summed E-state index contributed by atoms with van der Waals surface area (Å²) in [5, 5.41) is 0. The number of hydrogen-bond donors (Lipinski definition) is 0. The van der Waals surface area contributed by atoms with Crippen molar-refractivity contribution in [1.29, 1.82) is 0 Å². The summed E-state index contributed by atoms with van der Waals surface area (Å²) in [6, 6.07) is 3.57. The Labute approximate surface area is 161 Å². The number of nitrogens with zero attached hydrogens (tertiary/aromatic N) is 2. The summed E-state index contributed by atoms with van der Waals surface area (Å²) < 4.78 is 16.4. The van der Waals surface area contributed by atoms with E-state index in [9.17, 15) is 9.59 Å². The molecule has 0 N–H and O–H groups in total. The number of carbonyl (C=O) groups is 2. The van der Waals surface area contributed by atoms with Crippen LogP contribution < -0.4 is 9.47 Å². The van der Waals surface area contributed by atoms with Crippen LogP contribution in [0.1, 0.15) is 29.6 Å². The normalized spacial score (nSPS) is 18.5. The van der Waals surface area contributed by atoms with Crippen molar-refractivity contribution in [1.82, 2.24) is 9.80 Å². The van der Waals surface area contributed by atoms with Gasteiger partial charge in [-0.15, -0.1) is 0 Å². The number of cyclic esters (lactones) is 1. The van der Waals surface area contributed by atoms with E-state index in [1.165, 1.54) is 0 Å². The van der Waals surface area contributed by atoms with Gasteiger partial charge in [0.2, 0.25) is 0 Å². The number of hydrogen-bond acceptors (Lipinski definition) is 5. The highest BCUT2D eigenvalue weighted by Crippen LogP contribution is 2.34. The van der Waals surface area contributed by atoms with Crippen molar-refractivity contribution in [2.24, 2.45) is 0 Å². The van der Waals surface area contributed by atoms with Crippen LogP contribution in [0, 0.1) is 0 Å². The maximum Gasteiger partial charge on any atom is 0.410 e. The van der Waals surface area contributed by atoms with Gasteiger partial charge in [-0.05, 0) is 47.3 Å². The second-order valence-electron chi connectivity index (χ2n) is 6.37. The number of halogens is 1. The zero-order valence-corrected chi connectivity index (χ0v) is 16.6. The van der Waals surface area contributed by atoms with Gasteiger partial charge in [-0.1, -0.05) is 0 Å². The molecule has 0 saturated carbocycles. The Morgan fingerprint density at radius 3 is 2.42 bits per heavy atom. The van der Waals surface area contributed by atoms with Crippen molar-refractivity contribution in [3.8, 4) is 11.5 Å². The maximum absolute atomic E-state index is 12.9. The van der Waals surface area contributed by atoms with E-state index in [0.717, 1.165) is 25.8 Å². The summed E-state index contributed by atoms with van der Waals surface area (Å²) in [5.41, 5.74) is 0.540. The first-order valence-electron chi connectivity index (χ1n) is 8.69. The minimum atomic E-state index is -0.233. The molecule has 1 aromatic rings. The van der Waals surface area contributed by atoms with Crippen LogP contribution in [0.5, 0.6) is 11.5 Å². The summed E-state index contributed by atoms with van der Waals surface area (Å²) in [5.74, 6) is 1.03. The fourth-order valence-corrected chi connectivity index (χ4v) is 3.96. The molecular weight excluding hydrogens is 404 g/mol. The summed E-state index contributed by atoms with van der Waals surface area (Å²) in [6.07, 6.45) is 2.14. The van der Waals surface area contributed by atoms with Crippen molar-refractivity contribution in [3.05, 3.63) is 22.2 Å². The summed E-state index contributed by atoms with van der Waals surface area (Å²) in [6.45, 7) is 2.45. The van der Waals surface area contributed by atoms with E-state index in [-0.39, 0.29) is 18.0 Å². The lowest BCUT2D eigenvalue weighted by Gasteiger charge is -2.39. The summed E-state index contributed by atoms with van der Waals surface area (Å²) in [4.78, 5) is 28.4. The van der Waals surface area contributed by atoms with Crippen molar-refractivity contribution in [2.75, 3.05) is 40.5 Å². The summed E-state index contributed by atoms with van der Waals surface area (Å²) in [7, 11) is 3.10. The molecule has 0 spiro atoms. The monoisotopic (exact) mass is 426 g/mol. The van der Waals surface area contributed by atoms with Crippen LogP contribution in [-0.2, 0) is 4.74 Å². The van der Waals surface area contributed by atoms with Crippen LogP contribution in [-0.4, -0.2) is 68.3 Å². The van der Waals surface area contributed by atoms with Gasteiger partial charge >= 0.3 is 6.09 Å². The van der Waals surface area contributed by atoms with Gasteiger partial charge < -0.3 is 24.0 Å². The maximum atomic E-state index is 12.9. The van der Waals surface area contributed by atoms with Crippen LogP contribution in [0.2, 0.25) is 0 Å². The van der Waals surface area contributed by atoms with E-state index in [1.54, 1.807) is 31.3 Å². The molecular formula is C18H23BrN2O5.